The lowest BCUT2D eigenvalue weighted by Gasteiger charge is -2.28. The van der Waals surface area contributed by atoms with Crippen molar-refractivity contribution in [1.82, 2.24) is 5.32 Å². The Balaban J connectivity index is 4.75. The van der Waals surface area contributed by atoms with E-state index in [0.717, 1.165) is 6.42 Å². The average Bonchev–Trinajstić information content (AvgIpc) is 2.23. The first-order valence-corrected chi connectivity index (χ1v) is 6.55. The van der Waals surface area contributed by atoms with E-state index in [1.165, 1.54) is 0 Å². The summed E-state index contributed by atoms with van der Waals surface area (Å²) < 4.78 is 9.80. The molecule has 2 N–H and O–H groups in total. The summed E-state index contributed by atoms with van der Waals surface area (Å²) in [5.41, 5.74) is -2.74. The monoisotopic (exact) mass is 275 g/mol. The first-order valence-electron chi connectivity index (χ1n) is 6.55. The van der Waals surface area contributed by atoms with Crippen molar-refractivity contribution in [1.29, 1.82) is 0 Å². The molecule has 0 bridgehead atoms. The van der Waals surface area contributed by atoms with Crippen LogP contribution in [0.2, 0.25) is 0 Å². The van der Waals surface area contributed by atoms with Crippen molar-refractivity contribution in [2.45, 2.75) is 65.2 Å². The van der Waals surface area contributed by atoms with E-state index in [0.29, 0.717) is 6.42 Å². The number of unbranched alkanes of at least 4 members (excludes halogenated alkanes) is 1. The van der Waals surface area contributed by atoms with Gasteiger partial charge in [0.2, 0.25) is 5.72 Å². The second-order valence-corrected chi connectivity index (χ2v) is 5.31. The third-order valence-corrected chi connectivity index (χ3v) is 2.21. The Morgan fingerprint density at radius 3 is 2.21 bits per heavy atom. The largest absolute Gasteiger partial charge is 0.462 e. The maximum Gasteiger partial charge on any atom is 0.410 e. The Morgan fingerprint density at radius 1 is 1.21 bits per heavy atom. The first kappa shape index (κ1) is 17.7. The predicted octanol–water partition coefficient (Wildman–Crippen LogP) is 1.95. The fourth-order valence-electron chi connectivity index (χ4n) is 1.37. The Labute approximate surface area is 114 Å². The normalized spacial score (nSPS) is 14.4. The Kier molecular flexibility index (Phi) is 6.83. The van der Waals surface area contributed by atoms with Crippen LogP contribution in [0.3, 0.4) is 0 Å². The minimum atomic E-state index is -2.03. The van der Waals surface area contributed by atoms with E-state index in [-0.39, 0.29) is 13.0 Å². The standard InChI is InChI=1S/C13H25NO5/c1-6-8-9-13(17,10(15)18-7-2)14-11(16)19-12(3,4)5/h17H,6-9H2,1-5H3,(H,14,16). The minimum absolute atomic E-state index is 0.0849. The van der Waals surface area contributed by atoms with Crippen LogP contribution in [0.5, 0.6) is 0 Å². The Hall–Kier alpha value is -1.30. The fourth-order valence-corrected chi connectivity index (χ4v) is 1.37. The zero-order valence-corrected chi connectivity index (χ0v) is 12.4. The molecule has 0 fully saturated rings. The van der Waals surface area contributed by atoms with Gasteiger partial charge < -0.3 is 14.6 Å². The highest BCUT2D eigenvalue weighted by molar-refractivity contribution is 5.83. The van der Waals surface area contributed by atoms with Crippen LogP contribution in [-0.2, 0) is 14.3 Å². The molecule has 19 heavy (non-hydrogen) atoms. The number of hydrogen-bond acceptors (Lipinski definition) is 5. The van der Waals surface area contributed by atoms with Gasteiger partial charge in [-0.1, -0.05) is 13.3 Å². The van der Waals surface area contributed by atoms with Crippen molar-refractivity contribution in [2.75, 3.05) is 6.61 Å². The van der Waals surface area contributed by atoms with Crippen LogP contribution in [0.25, 0.3) is 0 Å². The van der Waals surface area contributed by atoms with Gasteiger partial charge in [0.05, 0.1) is 6.61 Å². The molecule has 0 aliphatic carbocycles. The molecule has 0 spiro atoms. The number of nitrogens with one attached hydrogen (secondary N) is 1. The number of carbonyl (C=O) groups is 2. The van der Waals surface area contributed by atoms with Crippen molar-refractivity contribution in [3.05, 3.63) is 0 Å². The van der Waals surface area contributed by atoms with E-state index in [2.05, 4.69) is 5.32 Å². The molecule has 0 radical (unpaired) electrons. The molecule has 0 saturated carbocycles. The Morgan fingerprint density at radius 2 is 1.79 bits per heavy atom. The zero-order chi connectivity index (χ0) is 15.1. The van der Waals surface area contributed by atoms with Gasteiger partial charge in [0.25, 0.3) is 0 Å². The van der Waals surface area contributed by atoms with Crippen molar-refractivity contribution in [3.63, 3.8) is 0 Å². The first-order chi connectivity index (χ1) is 8.64. The van der Waals surface area contributed by atoms with E-state index < -0.39 is 23.4 Å². The third-order valence-electron chi connectivity index (χ3n) is 2.21. The van der Waals surface area contributed by atoms with Crippen molar-refractivity contribution >= 4 is 12.1 Å². The van der Waals surface area contributed by atoms with Crippen molar-refractivity contribution in [2.24, 2.45) is 0 Å². The molecule has 0 aromatic rings. The highest BCUT2D eigenvalue weighted by Gasteiger charge is 2.39. The van der Waals surface area contributed by atoms with Crippen LogP contribution >= 0.6 is 0 Å². The fraction of sp³-hybridized carbons (Fsp3) is 0.846. The van der Waals surface area contributed by atoms with Gasteiger partial charge in [-0.3, -0.25) is 5.32 Å². The van der Waals surface area contributed by atoms with Gasteiger partial charge in [0.15, 0.2) is 0 Å². The summed E-state index contributed by atoms with van der Waals surface area (Å²) in [6, 6.07) is 0. The summed E-state index contributed by atoms with van der Waals surface area (Å²) in [5.74, 6) is -0.866. The van der Waals surface area contributed by atoms with Gasteiger partial charge in [-0.2, -0.15) is 0 Å². The van der Waals surface area contributed by atoms with Gasteiger partial charge in [0.1, 0.15) is 5.60 Å². The molecule has 0 rings (SSSR count). The van der Waals surface area contributed by atoms with Crippen LogP contribution in [-0.4, -0.2) is 35.1 Å². The number of amides is 1. The SMILES string of the molecule is CCCCC(O)(NC(=O)OC(C)(C)C)C(=O)OCC. The molecule has 1 amide bonds. The summed E-state index contributed by atoms with van der Waals surface area (Å²) in [4.78, 5) is 23.4. The molecule has 0 aromatic carbocycles. The second kappa shape index (κ2) is 7.33. The summed E-state index contributed by atoms with van der Waals surface area (Å²) in [6.45, 7) is 8.76. The lowest BCUT2D eigenvalue weighted by atomic mass is 10.1. The predicted molar refractivity (Wildman–Crippen MR) is 70.5 cm³/mol. The van der Waals surface area contributed by atoms with E-state index in [1.54, 1.807) is 27.7 Å². The van der Waals surface area contributed by atoms with E-state index in [9.17, 15) is 14.7 Å². The number of ether oxygens (including phenoxy) is 2. The molecular formula is C13H25NO5. The van der Waals surface area contributed by atoms with Crippen LogP contribution in [0.4, 0.5) is 4.79 Å². The maximum atomic E-state index is 11.7. The molecule has 112 valence electrons. The molecular weight excluding hydrogens is 250 g/mol. The summed E-state index contributed by atoms with van der Waals surface area (Å²) in [5, 5.41) is 12.4. The lowest BCUT2D eigenvalue weighted by molar-refractivity contribution is -0.169. The van der Waals surface area contributed by atoms with E-state index in [1.807, 2.05) is 6.92 Å². The molecule has 0 saturated heterocycles. The van der Waals surface area contributed by atoms with Gasteiger partial charge in [-0.15, -0.1) is 0 Å². The number of carbonyl (C=O) groups excluding carboxylic acids is 2. The van der Waals surface area contributed by atoms with Crippen molar-refractivity contribution in [3.8, 4) is 0 Å². The molecule has 1 atom stereocenters. The lowest BCUT2D eigenvalue weighted by Crippen LogP contribution is -2.56. The topological polar surface area (TPSA) is 84.9 Å². The summed E-state index contributed by atoms with van der Waals surface area (Å²) >= 11 is 0. The van der Waals surface area contributed by atoms with Crippen LogP contribution < -0.4 is 5.32 Å². The summed E-state index contributed by atoms with van der Waals surface area (Å²) in [6.07, 6.45) is 0.587. The smallest absolute Gasteiger partial charge is 0.410 e. The third kappa shape index (κ3) is 7.00. The number of esters is 1. The number of rotatable bonds is 6. The Bertz CT molecular complexity index is 311. The molecule has 0 aliphatic heterocycles. The van der Waals surface area contributed by atoms with Crippen LogP contribution in [0, 0.1) is 0 Å². The molecule has 6 nitrogen and oxygen atoms in total. The van der Waals surface area contributed by atoms with Crippen molar-refractivity contribution < 1.29 is 24.2 Å². The molecule has 0 aromatic heterocycles. The highest BCUT2D eigenvalue weighted by Crippen LogP contribution is 2.15. The average molecular weight is 275 g/mol. The van der Waals surface area contributed by atoms with Gasteiger partial charge in [0, 0.05) is 6.42 Å². The molecule has 1 unspecified atom stereocenters. The van der Waals surface area contributed by atoms with Crippen LogP contribution in [0.15, 0.2) is 0 Å². The van der Waals surface area contributed by atoms with Gasteiger partial charge in [-0.05, 0) is 34.1 Å². The summed E-state index contributed by atoms with van der Waals surface area (Å²) in [7, 11) is 0. The maximum absolute atomic E-state index is 11.7. The van der Waals surface area contributed by atoms with Gasteiger partial charge in [-0.25, -0.2) is 9.59 Å². The van der Waals surface area contributed by atoms with E-state index >= 15 is 0 Å². The van der Waals surface area contributed by atoms with Crippen LogP contribution in [0.1, 0.15) is 53.9 Å². The number of alkyl carbamates (subject to hydrolysis) is 1. The molecule has 6 heteroatoms. The number of hydrogen-bond donors (Lipinski definition) is 2. The number of aliphatic hydroxyl groups is 1. The van der Waals surface area contributed by atoms with Gasteiger partial charge >= 0.3 is 12.1 Å². The highest BCUT2D eigenvalue weighted by atomic mass is 16.6. The zero-order valence-electron chi connectivity index (χ0n) is 12.4. The molecule has 0 heterocycles. The quantitative estimate of drug-likeness (QED) is 0.571. The second-order valence-electron chi connectivity index (χ2n) is 5.31. The molecule has 0 aliphatic rings. The van der Waals surface area contributed by atoms with E-state index in [4.69, 9.17) is 9.47 Å². The minimum Gasteiger partial charge on any atom is -0.462 e.